The highest BCUT2D eigenvalue weighted by molar-refractivity contribution is 5.96. The Hall–Kier alpha value is -3.16. The van der Waals surface area contributed by atoms with Gasteiger partial charge in [-0.3, -0.25) is 19.7 Å². The summed E-state index contributed by atoms with van der Waals surface area (Å²) in [5.74, 6) is 0.290. The van der Waals surface area contributed by atoms with Crippen LogP contribution in [-0.2, 0) is 6.54 Å². The van der Waals surface area contributed by atoms with Crippen LogP contribution in [-0.4, -0.2) is 46.0 Å². The van der Waals surface area contributed by atoms with Gasteiger partial charge in [0, 0.05) is 61.5 Å². The molecule has 0 N–H and O–H groups in total. The number of fused-ring (bicyclic) bond motifs is 4. The van der Waals surface area contributed by atoms with Crippen molar-refractivity contribution in [3.05, 3.63) is 68.1 Å². The standard InChI is InChI=1S/C24H28N4O4/c1-16-5-2-3-10-26(16)24(30)18-8-9-21(22(12-18)28(31)32)25-13-17-11-19(15-25)20-6-4-7-23(29)27(20)14-17/h4,6-9,12,16-17,19H,2-3,5,10-11,13-15H2,1H3/t16-,17+,19-/m0/s1. The molecule has 3 aliphatic heterocycles. The maximum Gasteiger partial charge on any atom is 0.293 e. The van der Waals surface area contributed by atoms with Gasteiger partial charge in [-0.1, -0.05) is 6.07 Å². The van der Waals surface area contributed by atoms with E-state index >= 15 is 0 Å². The Morgan fingerprint density at radius 2 is 1.97 bits per heavy atom. The topological polar surface area (TPSA) is 88.7 Å². The number of pyridine rings is 1. The zero-order valence-corrected chi connectivity index (χ0v) is 18.3. The molecule has 1 aromatic heterocycles. The van der Waals surface area contributed by atoms with E-state index in [1.165, 1.54) is 6.07 Å². The van der Waals surface area contributed by atoms with Crippen LogP contribution in [0.4, 0.5) is 11.4 Å². The second-order valence-corrected chi connectivity index (χ2v) is 9.41. The van der Waals surface area contributed by atoms with Crippen molar-refractivity contribution >= 4 is 17.3 Å². The Kier molecular flexibility index (Phi) is 5.23. The van der Waals surface area contributed by atoms with Gasteiger partial charge in [0.1, 0.15) is 5.69 Å². The van der Waals surface area contributed by atoms with Crippen LogP contribution in [0.25, 0.3) is 0 Å². The van der Waals surface area contributed by atoms with E-state index in [0.29, 0.717) is 37.4 Å². The summed E-state index contributed by atoms with van der Waals surface area (Å²) in [5.41, 5.74) is 1.94. The highest BCUT2D eigenvalue weighted by Gasteiger charge is 2.37. The Balaban J connectivity index is 1.45. The number of rotatable bonds is 3. The first-order valence-corrected chi connectivity index (χ1v) is 11.5. The lowest BCUT2D eigenvalue weighted by molar-refractivity contribution is -0.384. The number of hydrogen-bond donors (Lipinski definition) is 0. The van der Waals surface area contributed by atoms with Crippen molar-refractivity contribution in [3.63, 3.8) is 0 Å². The number of hydrogen-bond acceptors (Lipinski definition) is 5. The highest BCUT2D eigenvalue weighted by atomic mass is 16.6. The Labute approximate surface area is 186 Å². The molecule has 2 bridgehead atoms. The molecule has 0 unspecified atom stereocenters. The fourth-order valence-corrected chi connectivity index (χ4v) is 5.73. The van der Waals surface area contributed by atoms with E-state index in [2.05, 4.69) is 4.90 Å². The van der Waals surface area contributed by atoms with Crippen molar-refractivity contribution in [2.75, 3.05) is 24.5 Å². The van der Waals surface area contributed by atoms with Crippen LogP contribution in [0.2, 0.25) is 0 Å². The number of amides is 1. The molecular formula is C24H28N4O4. The molecule has 4 heterocycles. The third kappa shape index (κ3) is 3.57. The van der Waals surface area contributed by atoms with Gasteiger partial charge in [0.2, 0.25) is 0 Å². The lowest BCUT2D eigenvalue weighted by atomic mass is 9.83. The van der Waals surface area contributed by atoms with E-state index in [4.69, 9.17) is 0 Å². The molecule has 2 fully saturated rings. The first-order chi connectivity index (χ1) is 15.4. The van der Waals surface area contributed by atoms with Gasteiger partial charge < -0.3 is 14.4 Å². The summed E-state index contributed by atoms with van der Waals surface area (Å²) >= 11 is 0. The van der Waals surface area contributed by atoms with Crippen molar-refractivity contribution in [2.24, 2.45) is 5.92 Å². The Bertz CT molecular complexity index is 1130. The molecule has 2 aromatic rings. The van der Waals surface area contributed by atoms with E-state index in [-0.39, 0.29) is 40.0 Å². The molecular weight excluding hydrogens is 408 g/mol. The molecule has 0 radical (unpaired) electrons. The number of piperidine rings is 2. The summed E-state index contributed by atoms with van der Waals surface area (Å²) in [6.07, 6.45) is 4.03. The fourth-order valence-electron chi connectivity index (χ4n) is 5.73. The van der Waals surface area contributed by atoms with Gasteiger partial charge in [-0.25, -0.2) is 0 Å². The third-order valence-corrected chi connectivity index (χ3v) is 7.30. The minimum Gasteiger partial charge on any atom is -0.365 e. The van der Waals surface area contributed by atoms with Gasteiger partial charge in [-0.05, 0) is 56.7 Å². The second-order valence-electron chi connectivity index (χ2n) is 9.41. The van der Waals surface area contributed by atoms with Crippen LogP contribution in [0, 0.1) is 16.0 Å². The van der Waals surface area contributed by atoms with Crippen molar-refractivity contribution in [2.45, 2.75) is 51.1 Å². The van der Waals surface area contributed by atoms with Gasteiger partial charge in [0.15, 0.2) is 0 Å². The highest BCUT2D eigenvalue weighted by Crippen LogP contribution is 2.40. The lowest BCUT2D eigenvalue weighted by Crippen LogP contribution is -2.47. The zero-order chi connectivity index (χ0) is 22.4. The first kappa shape index (κ1) is 20.7. The quantitative estimate of drug-likeness (QED) is 0.544. The number of anilines is 1. The van der Waals surface area contributed by atoms with Gasteiger partial charge in [-0.15, -0.1) is 0 Å². The van der Waals surface area contributed by atoms with Crippen LogP contribution in [0.15, 0.2) is 41.2 Å². The largest absolute Gasteiger partial charge is 0.365 e. The van der Waals surface area contributed by atoms with Crippen LogP contribution in [0.3, 0.4) is 0 Å². The molecule has 8 nitrogen and oxygen atoms in total. The lowest BCUT2D eigenvalue weighted by Gasteiger charge is -2.43. The number of benzene rings is 1. The summed E-state index contributed by atoms with van der Waals surface area (Å²) in [6.45, 7) is 4.66. The Morgan fingerprint density at radius 3 is 2.75 bits per heavy atom. The molecule has 1 aromatic carbocycles. The molecule has 5 rings (SSSR count). The normalized spacial score (nSPS) is 24.7. The van der Waals surface area contributed by atoms with Crippen LogP contribution < -0.4 is 10.5 Å². The van der Waals surface area contributed by atoms with Crippen molar-refractivity contribution in [3.8, 4) is 0 Å². The van der Waals surface area contributed by atoms with Gasteiger partial charge in [0.05, 0.1) is 4.92 Å². The summed E-state index contributed by atoms with van der Waals surface area (Å²) < 4.78 is 1.85. The van der Waals surface area contributed by atoms with E-state index in [0.717, 1.165) is 31.4 Å². The first-order valence-electron chi connectivity index (χ1n) is 11.5. The van der Waals surface area contributed by atoms with E-state index in [1.807, 2.05) is 22.5 Å². The van der Waals surface area contributed by atoms with Crippen LogP contribution in [0.5, 0.6) is 0 Å². The number of aromatic nitrogens is 1. The van der Waals surface area contributed by atoms with Gasteiger partial charge >= 0.3 is 0 Å². The molecule has 3 aliphatic rings. The molecule has 0 spiro atoms. The van der Waals surface area contributed by atoms with Crippen molar-refractivity contribution in [1.29, 1.82) is 0 Å². The summed E-state index contributed by atoms with van der Waals surface area (Å²) in [6, 6.07) is 10.4. The summed E-state index contributed by atoms with van der Waals surface area (Å²) in [4.78, 5) is 40.8. The van der Waals surface area contributed by atoms with E-state index in [1.54, 1.807) is 24.3 Å². The molecule has 8 heteroatoms. The van der Waals surface area contributed by atoms with Gasteiger partial charge in [0.25, 0.3) is 17.2 Å². The molecule has 3 atom stereocenters. The Morgan fingerprint density at radius 1 is 1.12 bits per heavy atom. The van der Waals surface area contributed by atoms with Gasteiger partial charge in [-0.2, -0.15) is 0 Å². The molecule has 2 saturated heterocycles. The number of nitrogens with zero attached hydrogens (tertiary/aromatic N) is 4. The van der Waals surface area contributed by atoms with E-state index < -0.39 is 0 Å². The average Bonchev–Trinajstić information content (AvgIpc) is 2.79. The summed E-state index contributed by atoms with van der Waals surface area (Å²) in [5, 5.41) is 12.0. The second kappa shape index (κ2) is 8.07. The minimum absolute atomic E-state index is 0.0198. The van der Waals surface area contributed by atoms with Crippen molar-refractivity contribution < 1.29 is 9.72 Å². The zero-order valence-electron chi connectivity index (χ0n) is 18.3. The molecule has 168 valence electrons. The number of nitro groups is 1. The number of nitro benzene ring substituents is 1. The number of carbonyl (C=O) groups is 1. The maximum absolute atomic E-state index is 13.1. The maximum atomic E-state index is 13.1. The number of carbonyl (C=O) groups excluding carboxylic acids is 1. The predicted octanol–water partition coefficient (Wildman–Crippen LogP) is 3.39. The molecule has 0 aliphatic carbocycles. The molecule has 1 amide bonds. The average molecular weight is 437 g/mol. The number of likely N-dealkylation sites (tertiary alicyclic amines) is 1. The van der Waals surface area contributed by atoms with E-state index in [9.17, 15) is 19.7 Å². The monoisotopic (exact) mass is 436 g/mol. The minimum atomic E-state index is -0.380. The third-order valence-electron chi connectivity index (χ3n) is 7.30. The van der Waals surface area contributed by atoms with Crippen LogP contribution >= 0.6 is 0 Å². The SMILES string of the molecule is C[C@H]1CCCCN1C(=O)c1ccc(N2C[C@H]3C[C@@H](C2)c2cccc(=O)n2C3)c([N+](=O)[O-])c1. The molecule has 0 saturated carbocycles. The predicted molar refractivity (Wildman–Crippen MR) is 121 cm³/mol. The molecule has 32 heavy (non-hydrogen) atoms. The summed E-state index contributed by atoms with van der Waals surface area (Å²) in [7, 11) is 0. The van der Waals surface area contributed by atoms with Crippen LogP contribution in [0.1, 0.15) is 54.6 Å². The fraction of sp³-hybridized carbons (Fsp3) is 0.500. The smallest absolute Gasteiger partial charge is 0.293 e. The van der Waals surface area contributed by atoms with Crippen molar-refractivity contribution in [1.82, 2.24) is 9.47 Å².